The molecule has 0 amide bonds. The molecule has 4 heteroatoms. The second kappa shape index (κ2) is 9.51. The Balaban J connectivity index is 1.77. The number of allylic oxidation sites excluding steroid dienone is 3. The van der Waals surface area contributed by atoms with Crippen molar-refractivity contribution in [1.29, 1.82) is 0 Å². The summed E-state index contributed by atoms with van der Waals surface area (Å²) in [6.45, 7) is 12.4. The van der Waals surface area contributed by atoms with E-state index in [1.54, 1.807) is 0 Å². The summed E-state index contributed by atoms with van der Waals surface area (Å²) in [5.74, 6) is 0.900. The highest BCUT2D eigenvalue weighted by Gasteiger charge is 2.54. The third kappa shape index (κ3) is 5.19. The van der Waals surface area contributed by atoms with Gasteiger partial charge in [-0.25, -0.2) is 0 Å². The molecule has 4 N–H and O–H groups in total. The predicted molar refractivity (Wildman–Crippen MR) is 125 cm³/mol. The van der Waals surface area contributed by atoms with E-state index in [1.807, 2.05) is 20.8 Å². The van der Waals surface area contributed by atoms with Crippen LogP contribution in [0.4, 0.5) is 0 Å². The molecule has 0 radical (unpaired) electrons. The minimum Gasteiger partial charge on any atom is -0.393 e. The molecule has 0 bridgehead atoms. The van der Waals surface area contributed by atoms with Crippen molar-refractivity contribution in [1.82, 2.24) is 0 Å². The Kier molecular flexibility index (Phi) is 7.57. The van der Waals surface area contributed by atoms with Gasteiger partial charge < -0.3 is 20.4 Å². The van der Waals surface area contributed by atoms with Gasteiger partial charge in [0, 0.05) is 6.42 Å². The van der Waals surface area contributed by atoms with Gasteiger partial charge in [0.1, 0.15) is 0 Å². The Morgan fingerprint density at radius 2 is 1.94 bits per heavy atom. The summed E-state index contributed by atoms with van der Waals surface area (Å²) >= 11 is 0. The van der Waals surface area contributed by atoms with Gasteiger partial charge >= 0.3 is 0 Å². The van der Waals surface area contributed by atoms with Crippen LogP contribution in [0.25, 0.3) is 0 Å². The SMILES string of the molecule is C=C1/C(=C\C=C2CCC[C@@]3(C)C2CC[C@@H]3[C@@](C)(O)CCC(O)C(C)C)C[C@@H](O)CC1O. The van der Waals surface area contributed by atoms with E-state index in [-0.39, 0.29) is 23.4 Å². The highest BCUT2D eigenvalue weighted by Crippen LogP contribution is 2.60. The lowest BCUT2D eigenvalue weighted by molar-refractivity contribution is -0.0722. The largest absolute Gasteiger partial charge is 0.393 e. The zero-order chi connectivity index (χ0) is 23.0. The van der Waals surface area contributed by atoms with Gasteiger partial charge in [-0.1, -0.05) is 45.1 Å². The van der Waals surface area contributed by atoms with Crippen LogP contribution in [-0.2, 0) is 0 Å². The van der Waals surface area contributed by atoms with Crippen molar-refractivity contribution in [3.05, 3.63) is 35.5 Å². The van der Waals surface area contributed by atoms with Crippen molar-refractivity contribution in [3.8, 4) is 0 Å². The first-order valence-corrected chi connectivity index (χ1v) is 12.3. The van der Waals surface area contributed by atoms with Gasteiger partial charge in [-0.05, 0) is 92.6 Å². The first-order chi connectivity index (χ1) is 14.5. The molecule has 0 aromatic heterocycles. The van der Waals surface area contributed by atoms with Crippen LogP contribution in [0.15, 0.2) is 35.5 Å². The fourth-order valence-corrected chi connectivity index (χ4v) is 6.67. The van der Waals surface area contributed by atoms with Crippen LogP contribution in [0.1, 0.15) is 85.5 Å². The highest BCUT2D eigenvalue weighted by molar-refractivity contribution is 5.38. The lowest BCUT2D eigenvalue weighted by Crippen LogP contribution is -2.45. The third-order valence-electron chi connectivity index (χ3n) is 8.70. The number of rotatable bonds is 6. The van der Waals surface area contributed by atoms with Crippen LogP contribution in [0, 0.1) is 23.2 Å². The maximum Gasteiger partial charge on any atom is 0.0811 e. The average Bonchev–Trinajstić information content (AvgIpc) is 3.06. The van der Waals surface area contributed by atoms with E-state index in [9.17, 15) is 20.4 Å². The summed E-state index contributed by atoms with van der Waals surface area (Å²) in [6, 6.07) is 0. The number of aliphatic hydroxyl groups excluding tert-OH is 3. The van der Waals surface area contributed by atoms with Crippen LogP contribution >= 0.6 is 0 Å². The van der Waals surface area contributed by atoms with Gasteiger partial charge in [-0.15, -0.1) is 0 Å². The summed E-state index contributed by atoms with van der Waals surface area (Å²) in [7, 11) is 0. The van der Waals surface area contributed by atoms with E-state index in [4.69, 9.17) is 0 Å². The summed E-state index contributed by atoms with van der Waals surface area (Å²) in [5, 5.41) is 41.9. The van der Waals surface area contributed by atoms with Crippen molar-refractivity contribution in [2.75, 3.05) is 0 Å². The second-order valence-electron chi connectivity index (χ2n) is 11.3. The molecule has 3 unspecified atom stereocenters. The van der Waals surface area contributed by atoms with Crippen molar-refractivity contribution >= 4 is 0 Å². The Bertz CT molecular complexity index is 719. The minimum absolute atomic E-state index is 0.0669. The lowest BCUT2D eigenvalue weighted by Gasteiger charge is -2.47. The van der Waals surface area contributed by atoms with Crippen LogP contribution in [0.2, 0.25) is 0 Å². The van der Waals surface area contributed by atoms with Crippen LogP contribution in [0.3, 0.4) is 0 Å². The standard InChI is InChI=1S/C27H44O4/c1-17(2)23(29)12-14-27(5,31)25-11-10-22-19(7-6-13-26(22,25)4)8-9-20-15-21(28)16-24(30)18(20)3/h8-9,17,21-25,28-31H,3,6-7,10-16H2,1-2,4-5H3/b19-8?,20-9-/t21-,22?,23?,24?,25+,26+,27+/m1/s1. The zero-order valence-electron chi connectivity index (χ0n) is 20.0. The lowest BCUT2D eigenvalue weighted by atomic mass is 9.59. The molecule has 3 aliphatic carbocycles. The van der Waals surface area contributed by atoms with Crippen LogP contribution in [-0.4, -0.2) is 44.3 Å². The fraction of sp³-hybridized carbons (Fsp3) is 0.778. The number of aliphatic hydroxyl groups is 4. The Labute approximate surface area is 188 Å². The van der Waals surface area contributed by atoms with E-state index in [2.05, 4.69) is 25.7 Å². The first-order valence-electron chi connectivity index (χ1n) is 12.3. The Morgan fingerprint density at radius 3 is 2.61 bits per heavy atom. The van der Waals surface area contributed by atoms with Gasteiger partial charge in [-0.2, -0.15) is 0 Å². The maximum atomic E-state index is 11.5. The monoisotopic (exact) mass is 432 g/mol. The van der Waals surface area contributed by atoms with Gasteiger partial charge in [-0.3, -0.25) is 0 Å². The molecule has 3 saturated carbocycles. The number of hydrogen-bond donors (Lipinski definition) is 4. The molecule has 3 aliphatic rings. The van der Waals surface area contributed by atoms with E-state index in [0.717, 1.165) is 43.3 Å². The smallest absolute Gasteiger partial charge is 0.0811 e. The highest BCUT2D eigenvalue weighted by atomic mass is 16.3. The quantitative estimate of drug-likeness (QED) is 0.491. The molecular formula is C27H44O4. The molecule has 0 saturated heterocycles. The molecule has 7 atom stereocenters. The van der Waals surface area contributed by atoms with Crippen molar-refractivity contribution < 1.29 is 20.4 Å². The van der Waals surface area contributed by atoms with Crippen LogP contribution in [0.5, 0.6) is 0 Å². The second-order valence-corrected chi connectivity index (χ2v) is 11.3. The summed E-state index contributed by atoms with van der Waals surface area (Å²) in [4.78, 5) is 0. The molecule has 0 spiro atoms. The van der Waals surface area contributed by atoms with E-state index in [1.165, 1.54) is 5.57 Å². The third-order valence-corrected chi connectivity index (χ3v) is 8.70. The molecular weight excluding hydrogens is 388 g/mol. The molecule has 3 fully saturated rings. The topological polar surface area (TPSA) is 80.9 Å². The van der Waals surface area contributed by atoms with Gasteiger partial charge in [0.25, 0.3) is 0 Å². The molecule has 0 aromatic rings. The Morgan fingerprint density at radius 1 is 1.23 bits per heavy atom. The maximum absolute atomic E-state index is 11.5. The summed E-state index contributed by atoms with van der Waals surface area (Å²) in [5.41, 5.74) is 2.42. The normalized spacial score (nSPS) is 39.7. The fourth-order valence-electron chi connectivity index (χ4n) is 6.67. The average molecular weight is 433 g/mol. The first kappa shape index (κ1) is 24.7. The molecule has 0 heterocycles. The van der Waals surface area contributed by atoms with E-state index in [0.29, 0.717) is 31.6 Å². The molecule has 31 heavy (non-hydrogen) atoms. The van der Waals surface area contributed by atoms with Crippen molar-refractivity contribution in [3.63, 3.8) is 0 Å². The molecule has 0 aliphatic heterocycles. The molecule has 0 aromatic carbocycles. The van der Waals surface area contributed by atoms with Crippen molar-refractivity contribution in [2.45, 2.75) is 109 Å². The summed E-state index contributed by atoms with van der Waals surface area (Å²) < 4.78 is 0. The zero-order valence-corrected chi connectivity index (χ0v) is 20.0. The Hall–Kier alpha value is -0.940. The minimum atomic E-state index is -0.772. The molecule has 176 valence electrons. The molecule has 3 rings (SSSR count). The molecule has 4 nitrogen and oxygen atoms in total. The van der Waals surface area contributed by atoms with Crippen LogP contribution < -0.4 is 0 Å². The van der Waals surface area contributed by atoms with Gasteiger partial charge in [0.15, 0.2) is 0 Å². The van der Waals surface area contributed by atoms with E-state index >= 15 is 0 Å². The van der Waals surface area contributed by atoms with E-state index < -0.39 is 17.8 Å². The number of hydrogen-bond acceptors (Lipinski definition) is 4. The summed E-state index contributed by atoms with van der Waals surface area (Å²) in [6.07, 6.45) is 10.4. The van der Waals surface area contributed by atoms with Gasteiger partial charge in [0.05, 0.1) is 23.9 Å². The number of fused-ring (bicyclic) bond motifs is 1. The predicted octanol–water partition coefficient (Wildman–Crippen LogP) is 4.68. The van der Waals surface area contributed by atoms with Crippen molar-refractivity contribution in [2.24, 2.45) is 23.2 Å². The van der Waals surface area contributed by atoms with Gasteiger partial charge in [0.2, 0.25) is 0 Å².